The molecule has 1 aromatic heterocycles. The number of halogens is 1. The molecule has 0 atom stereocenters. The SMILES string of the molecule is Cc1ccc2c(CNc3ccccc3Cl)cc(=O)oc2c1C. The standard InChI is InChI=1S/C18H16ClNO2/c1-11-7-8-14-13(9-17(21)22-18(14)12(11)2)10-20-16-6-4-3-5-15(16)19/h3-9,20H,10H2,1-2H3. The maximum atomic E-state index is 11.8. The summed E-state index contributed by atoms with van der Waals surface area (Å²) in [4.78, 5) is 11.8. The maximum absolute atomic E-state index is 11.8. The molecule has 1 heterocycles. The summed E-state index contributed by atoms with van der Waals surface area (Å²) in [6.07, 6.45) is 0. The Morgan fingerprint density at radius 1 is 1.14 bits per heavy atom. The number of hydrogen-bond acceptors (Lipinski definition) is 3. The fourth-order valence-electron chi connectivity index (χ4n) is 2.47. The zero-order chi connectivity index (χ0) is 15.7. The van der Waals surface area contributed by atoms with Gasteiger partial charge in [0.15, 0.2) is 0 Å². The van der Waals surface area contributed by atoms with E-state index in [4.69, 9.17) is 16.0 Å². The molecule has 2 aromatic carbocycles. The van der Waals surface area contributed by atoms with Gasteiger partial charge < -0.3 is 9.73 Å². The largest absolute Gasteiger partial charge is 0.422 e. The first-order chi connectivity index (χ1) is 10.6. The number of anilines is 1. The van der Waals surface area contributed by atoms with E-state index in [9.17, 15) is 4.79 Å². The summed E-state index contributed by atoms with van der Waals surface area (Å²) in [5.74, 6) is 0. The molecule has 0 fully saturated rings. The molecule has 0 saturated carbocycles. The van der Waals surface area contributed by atoms with Crippen molar-refractivity contribution in [1.82, 2.24) is 0 Å². The molecule has 0 amide bonds. The van der Waals surface area contributed by atoms with Crippen molar-refractivity contribution in [2.45, 2.75) is 20.4 Å². The van der Waals surface area contributed by atoms with Crippen LogP contribution in [0.2, 0.25) is 5.02 Å². The average Bonchev–Trinajstić information content (AvgIpc) is 2.50. The van der Waals surface area contributed by atoms with Crippen molar-refractivity contribution in [2.24, 2.45) is 0 Å². The van der Waals surface area contributed by atoms with Crippen LogP contribution in [0.1, 0.15) is 16.7 Å². The number of hydrogen-bond donors (Lipinski definition) is 1. The Balaban J connectivity index is 2.02. The highest BCUT2D eigenvalue weighted by molar-refractivity contribution is 6.33. The van der Waals surface area contributed by atoms with E-state index in [1.807, 2.05) is 50.2 Å². The molecule has 0 aliphatic carbocycles. The van der Waals surface area contributed by atoms with Crippen LogP contribution in [0.25, 0.3) is 11.0 Å². The number of rotatable bonds is 3. The zero-order valence-corrected chi connectivity index (χ0v) is 13.2. The van der Waals surface area contributed by atoms with Crippen molar-refractivity contribution in [1.29, 1.82) is 0 Å². The normalized spacial score (nSPS) is 10.9. The molecule has 0 radical (unpaired) electrons. The van der Waals surface area contributed by atoms with E-state index in [0.717, 1.165) is 27.8 Å². The maximum Gasteiger partial charge on any atom is 0.336 e. The summed E-state index contributed by atoms with van der Waals surface area (Å²) in [6, 6.07) is 13.1. The zero-order valence-electron chi connectivity index (χ0n) is 12.4. The Morgan fingerprint density at radius 3 is 2.68 bits per heavy atom. The van der Waals surface area contributed by atoms with Crippen LogP contribution in [-0.4, -0.2) is 0 Å². The Bertz CT molecular complexity index is 899. The molecule has 0 aliphatic heterocycles. The fourth-order valence-corrected chi connectivity index (χ4v) is 2.67. The van der Waals surface area contributed by atoms with Gasteiger partial charge in [-0.1, -0.05) is 35.9 Å². The van der Waals surface area contributed by atoms with E-state index in [-0.39, 0.29) is 5.63 Å². The molecule has 0 bridgehead atoms. The van der Waals surface area contributed by atoms with E-state index in [1.165, 1.54) is 6.07 Å². The van der Waals surface area contributed by atoms with Gasteiger partial charge in [0, 0.05) is 18.0 Å². The van der Waals surface area contributed by atoms with Gasteiger partial charge in [-0.05, 0) is 42.7 Å². The molecule has 0 spiro atoms. The summed E-state index contributed by atoms with van der Waals surface area (Å²) in [7, 11) is 0. The molecule has 22 heavy (non-hydrogen) atoms. The summed E-state index contributed by atoms with van der Waals surface area (Å²) in [5.41, 5.74) is 4.16. The number of fused-ring (bicyclic) bond motifs is 1. The van der Waals surface area contributed by atoms with E-state index < -0.39 is 0 Å². The second-order valence-corrected chi connectivity index (χ2v) is 5.72. The lowest BCUT2D eigenvalue weighted by atomic mass is 10.0. The first kappa shape index (κ1) is 14.7. The van der Waals surface area contributed by atoms with Gasteiger partial charge in [0.05, 0.1) is 10.7 Å². The monoisotopic (exact) mass is 313 g/mol. The van der Waals surface area contributed by atoms with E-state index >= 15 is 0 Å². The predicted molar refractivity (Wildman–Crippen MR) is 90.7 cm³/mol. The second kappa shape index (κ2) is 5.85. The molecule has 3 nitrogen and oxygen atoms in total. The van der Waals surface area contributed by atoms with Gasteiger partial charge in [0.1, 0.15) is 5.58 Å². The lowest BCUT2D eigenvalue weighted by Crippen LogP contribution is -2.06. The van der Waals surface area contributed by atoms with Gasteiger partial charge in [-0.15, -0.1) is 0 Å². The van der Waals surface area contributed by atoms with Gasteiger partial charge in [-0.3, -0.25) is 0 Å². The smallest absolute Gasteiger partial charge is 0.336 e. The Kier molecular flexibility index (Phi) is 3.90. The summed E-state index contributed by atoms with van der Waals surface area (Å²) >= 11 is 6.14. The summed E-state index contributed by atoms with van der Waals surface area (Å²) in [6.45, 7) is 4.48. The van der Waals surface area contributed by atoms with Gasteiger partial charge >= 0.3 is 5.63 Å². The highest BCUT2D eigenvalue weighted by atomic mass is 35.5. The third kappa shape index (κ3) is 2.72. The predicted octanol–water partition coefficient (Wildman–Crippen LogP) is 4.68. The van der Waals surface area contributed by atoms with Gasteiger partial charge in [-0.2, -0.15) is 0 Å². The van der Waals surface area contributed by atoms with Crippen LogP contribution in [-0.2, 0) is 6.54 Å². The fraction of sp³-hybridized carbons (Fsp3) is 0.167. The van der Waals surface area contributed by atoms with Crippen molar-refractivity contribution < 1.29 is 4.42 Å². The van der Waals surface area contributed by atoms with Crippen LogP contribution in [0.5, 0.6) is 0 Å². The molecule has 3 aromatic rings. The minimum atomic E-state index is -0.336. The molecule has 1 N–H and O–H groups in total. The number of aryl methyl sites for hydroxylation is 2. The first-order valence-electron chi connectivity index (χ1n) is 7.07. The average molecular weight is 314 g/mol. The van der Waals surface area contributed by atoms with E-state index in [0.29, 0.717) is 17.2 Å². The lowest BCUT2D eigenvalue weighted by Gasteiger charge is -2.11. The number of para-hydroxylation sites is 1. The molecule has 0 saturated heterocycles. The highest BCUT2D eigenvalue weighted by Crippen LogP contribution is 2.25. The molecule has 0 unspecified atom stereocenters. The Hall–Kier alpha value is -2.26. The summed E-state index contributed by atoms with van der Waals surface area (Å²) < 4.78 is 5.38. The topological polar surface area (TPSA) is 42.2 Å². The molecular formula is C18H16ClNO2. The van der Waals surface area contributed by atoms with Crippen molar-refractivity contribution in [3.8, 4) is 0 Å². The van der Waals surface area contributed by atoms with Crippen molar-refractivity contribution in [3.05, 3.63) is 74.6 Å². The number of nitrogens with one attached hydrogen (secondary N) is 1. The molecule has 4 heteroatoms. The van der Waals surface area contributed by atoms with Crippen LogP contribution < -0.4 is 10.9 Å². The molecule has 112 valence electrons. The van der Waals surface area contributed by atoms with E-state index in [2.05, 4.69) is 5.32 Å². The Labute approximate surface area is 133 Å². The molecule has 3 rings (SSSR count). The molecule has 0 aliphatic rings. The van der Waals surface area contributed by atoms with Crippen molar-refractivity contribution in [2.75, 3.05) is 5.32 Å². The second-order valence-electron chi connectivity index (χ2n) is 5.31. The van der Waals surface area contributed by atoms with Crippen LogP contribution in [0.4, 0.5) is 5.69 Å². The Morgan fingerprint density at radius 2 is 1.91 bits per heavy atom. The van der Waals surface area contributed by atoms with Crippen molar-refractivity contribution >= 4 is 28.3 Å². The first-order valence-corrected chi connectivity index (χ1v) is 7.45. The van der Waals surface area contributed by atoms with E-state index in [1.54, 1.807) is 0 Å². The quantitative estimate of drug-likeness (QED) is 0.714. The third-order valence-electron chi connectivity index (χ3n) is 3.86. The van der Waals surface area contributed by atoms with Crippen molar-refractivity contribution in [3.63, 3.8) is 0 Å². The summed E-state index contributed by atoms with van der Waals surface area (Å²) in [5, 5.41) is 4.87. The molecular weight excluding hydrogens is 298 g/mol. The minimum absolute atomic E-state index is 0.336. The van der Waals surface area contributed by atoms with Crippen LogP contribution in [0.3, 0.4) is 0 Å². The van der Waals surface area contributed by atoms with Crippen LogP contribution in [0, 0.1) is 13.8 Å². The van der Waals surface area contributed by atoms with Gasteiger partial charge in [0.2, 0.25) is 0 Å². The highest BCUT2D eigenvalue weighted by Gasteiger charge is 2.09. The minimum Gasteiger partial charge on any atom is -0.422 e. The van der Waals surface area contributed by atoms with Gasteiger partial charge in [0.25, 0.3) is 0 Å². The van der Waals surface area contributed by atoms with Crippen LogP contribution >= 0.6 is 11.6 Å². The lowest BCUT2D eigenvalue weighted by molar-refractivity contribution is 0.556. The third-order valence-corrected chi connectivity index (χ3v) is 4.19. The van der Waals surface area contributed by atoms with Crippen LogP contribution in [0.15, 0.2) is 51.7 Å². The van der Waals surface area contributed by atoms with Gasteiger partial charge in [-0.25, -0.2) is 4.79 Å². The number of benzene rings is 2.